The molecule has 2 heterocycles. The van der Waals surface area contributed by atoms with Gasteiger partial charge in [0.1, 0.15) is 25.7 Å². The summed E-state index contributed by atoms with van der Waals surface area (Å²) in [5.41, 5.74) is 1.54. The fourth-order valence-electron chi connectivity index (χ4n) is 4.72. The zero-order valence-corrected chi connectivity index (χ0v) is 16.7. The molecule has 2 unspecified atom stereocenters. The Balaban J connectivity index is 1.93. The maximum Gasteiger partial charge on any atom is 0.519 e. The first-order valence-electron chi connectivity index (χ1n) is 9.65. The minimum Gasteiger partial charge on any atom is -0.434 e. The molecule has 0 saturated heterocycles. The summed E-state index contributed by atoms with van der Waals surface area (Å²) in [6.07, 6.45) is 0. The number of hydrogen-bond donors (Lipinski definition) is 2. The van der Waals surface area contributed by atoms with Crippen molar-refractivity contribution in [2.45, 2.75) is 5.92 Å². The van der Waals surface area contributed by atoms with Gasteiger partial charge >= 0.3 is 17.4 Å². The third-order valence-electron chi connectivity index (χ3n) is 6.17. The van der Waals surface area contributed by atoms with Crippen LogP contribution in [-0.4, -0.2) is 26.1 Å². The molecular weight excluding hydrogens is 400 g/mol. The number of aromatic nitrogens is 2. The first-order chi connectivity index (χ1) is 14.8. The van der Waals surface area contributed by atoms with Gasteiger partial charge in [0.05, 0.1) is 10.8 Å². The number of nitrogens with one attached hydrogen (secondary N) is 1. The van der Waals surface area contributed by atoms with E-state index in [2.05, 4.69) is 4.99 Å². The number of Topliss-reactive ketones (excluding diaryl/α,β-unsaturated/α-hetero) is 1. The highest BCUT2D eigenvalue weighted by Gasteiger charge is 2.54. The average molecular weight is 418 g/mol. The number of ketones is 1. The van der Waals surface area contributed by atoms with Crippen LogP contribution in [0.2, 0.25) is 0 Å². The molecule has 9 heteroatoms. The standard InChI is InChI=1S/C22H16N4O5/c1-24-20-17(21(28)25(2)22(24)29)15(13-9-5-6-10-14(13)26(30)31)16-18(23-20)11-7-3-4-8-12(11)19(16)27/h3-10,15-16H,1-2H3/p+2. The highest BCUT2D eigenvalue weighted by molar-refractivity contribution is 6.27. The molecule has 0 saturated carbocycles. The molecule has 1 aliphatic heterocycles. The van der Waals surface area contributed by atoms with E-state index in [0.29, 0.717) is 22.7 Å². The Labute approximate surface area is 175 Å². The van der Waals surface area contributed by atoms with Gasteiger partial charge < -0.3 is 5.11 Å². The summed E-state index contributed by atoms with van der Waals surface area (Å²) in [4.78, 5) is 41.2. The zero-order valence-electron chi connectivity index (χ0n) is 16.7. The minimum atomic E-state index is -0.891. The summed E-state index contributed by atoms with van der Waals surface area (Å²) in [6, 6.07) is 12.9. The number of carbonyl (C=O) groups is 1. The van der Waals surface area contributed by atoms with Gasteiger partial charge in [-0.15, -0.1) is 9.13 Å². The normalized spacial score (nSPS) is 18.8. The average Bonchev–Trinajstić information content (AvgIpc) is 3.07. The van der Waals surface area contributed by atoms with Crippen molar-refractivity contribution in [3.63, 3.8) is 0 Å². The molecule has 1 aliphatic carbocycles. The SMILES string of the molecule is Cn1c(O)[n+](C)c2c(c1=O)C(c1ccccc1[N+](=O)[O-])C1C(=O)c3ccccc3C1=[NH+]2. The number of fused-ring (bicyclic) bond motifs is 4. The molecule has 2 N–H and O–H groups in total. The molecule has 9 nitrogen and oxygen atoms in total. The summed E-state index contributed by atoms with van der Waals surface area (Å²) >= 11 is 0. The molecule has 3 aromatic rings. The third-order valence-corrected chi connectivity index (χ3v) is 6.17. The monoisotopic (exact) mass is 418 g/mol. The highest BCUT2D eigenvalue weighted by atomic mass is 16.6. The van der Waals surface area contributed by atoms with E-state index in [1.54, 1.807) is 49.5 Å². The van der Waals surface area contributed by atoms with Crippen LogP contribution >= 0.6 is 0 Å². The Bertz CT molecular complexity index is 1410. The zero-order chi connectivity index (χ0) is 22.0. The quantitative estimate of drug-likeness (QED) is 0.344. The lowest BCUT2D eigenvalue weighted by Crippen LogP contribution is -2.77. The maximum atomic E-state index is 13.5. The Morgan fingerprint density at radius 1 is 1.06 bits per heavy atom. The van der Waals surface area contributed by atoms with Gasteiger partial charge in [-0.05, 0) is 6.07 Å². The topological polar surface area (TPSA) is 120 Å². The fourth-order valence-corrected chi connectivity index (χ4v) is 4.72. The first kappa shape index (κ1) is 18.9. The van der Waals surface area contributed by atoms with E-state index in [1.165, 1.54) is 17.7 Å². The van der Waals surface area contributed by atoms with Crippen molar-refractivity contribution in [3.8, 4) is 6.01 Å². The van der Waals surface area contributed by atoms with Gasteiger partial charge in [-0.2, -0.15) is 0 Å². The van der Waals surface area contributed by atoms with Crippen molar-refractivity contribution in [2.75, 3.05) is 0 Å². The molecule has 0 amide bonds. The maximum absolute atomic E-state index is 13.5. The summed E-state index contributed by atoms with van der Waals surface area (Å²) in [5.74, 6) is -1.61. The van der Waals surface area contributed by atoms with Gasteiger partial charge in [0.2, 0.25) is 0 Å². The van der Waals surface area contributed by atoms with Crippen molar-refractivity contribution in [1.29, 1.82) is 0 Å². The number of rotatable bonds is 2. The Morgan fingerprint density at radius 2 is 1.71 bits per heavy atom. The first-order valence-corrected chi connectivity index (χ1v) is 9.65. The predicted octanol–water partition coefficient (Wildman–Crippen LogP) is -0.0170. The number of nitro benzene ring substituents is 1. The van der Waals surface area contributed by atoms with E-state index in [9.17, 15) is 24.8 Å². The smallest absolute Gasteiger partial charge is 0.434 e. The van der Waals surface area contributed by atoms with Crippen molar-refractivity contribution < 1.29 is 24.4 Å². The van der Waals surface area contributed by atoms with Gasteiger partial charge in [0.15, 0.2) is 11.3 Å². The summed E-state index contributed by atoms with van der Waals surface area (Å²) in [7, 11) is 3.00. The minimum absolute atomic E-state index is 0.166. The van der Waals surface area contributed by atoms with Gasteiger partial charge in [0.25, 0.3) is 5.69 Å². The predicted molar refractivity (Wildman–Crippen MR) is 108 cm³/mol. The van der Waals surface area contributed by atoms with Crippen LogP contribution in [0.25, 0.3) is 0 Å². The Kier molecular flexibility index (Phi) is 3.91. The molecule has 31 heavy (non-hydrogen) atoms. The molecule has 0 radical (unpaired) electrons. The molecule has 2 aromatic carbocycles. The number of benzene rings is 2. The van der Waals surface area contributed by atoms with Gasteiger partial charge in [-0.3, -0.25) is 14.9 Å². The van der Waals surface area contributed by atoms with E-state index in [4.69, 9.17) is 0 Å². The van der Waals surface area contributed by atoms with Crippen LogP contribution in [0, 0.1) is 16.0 Å². The number of hydrogen-bond acceptors (Lipinski definition) is 5. The summed E-state index contributed by atoms with van der Waals surface area (Å²) < 4.78 is 2.48. The van der Waals surface area contributed by atoms with Crippen molar-refractivity contribution >= 4 is 23.0 Å². The van der Waals surface area contributed by atoms with Crippen molar-refractivity contribution in [2.24, 2.45) is 20.0 Å². The molecule has 0 bridgehead atoms. The lowest BCUT2D eigenvalue weighted by Gasteiger charge is -2.24. The van der Waals surface area contributed by atoms with Crippen LogP contribution in [0.5, 0.6) is 6.01 Å². The number of carbonyl (C=O) groups excluding carboxylic acids is 1. The van der Waals surface area contributed by atoms with Gasteiger partial charge in [0, 0.05) is 22.8 Å². The third kappa shape index (κ3) is 2.43. The van der Waals surface area contributed by atoms with E-state index >= 15 is 0 Å². The molecule has 5 rings (SSSR count). The van der Waals surface area contributed by atoms with E-state index in [0.717, 1.165) is 4.57 Å². The van der Waals surface area contributed by atoms with E-state index in [1.807, 2.05) is 0 Å². The second-order valence-electron chi connectivity index (χ2n) is 7.71. The number of aromatic hydroxyl groups is 1. The van der Waals surface area contributed by atoms with Crippen molar-refractivity contribution in [3.05, 3.63) is 91.3 Å². The molecule has 2 atom stereocenters. The lowest BCUT2D eigenvalue weighted by atomic mass is 9.76. The number of nitrogens with zero attached hydrogens (tertiary/aromatic N) is 3. The molecule has 0 spiro atoms. The summed E-state index contributed by atoms with van der Waals surface area (Å²) in [6.45, 7) is 0. The second-order valence-corrected chi connectivity index (χ2v) is 7.71. The number of para-hydroxylation sites is 1. The molecule has 1 aromatic heterocycles. The van der Waals surface area contributed by atoms with Crippen LogP contribution < -0.4 is 15.1 Å². The van der Waals surface area contributed by atoms with E-state index < -0.39 is 22.3 Å². The Morgan fingerprint density at radius 3 is 2.42 bits per heavy atom. The summed E-state index contributed by atoms with van der Waals surface area (Å²) in [5, 5.41) is 22.2. The number of nitro groups is 1. The second kappa shape index (κ2) is 6.43. The lowest BCUT2D eigenvalue weighted by molar-refractivity contribution is -0.724. The highest BCUT2D eigenvalue weighted by Crippen LogP contribution is 2.44. The van der Waals surface area contributed by atoms with E-state index in [-0.39, 0.29) is 28.6 Å². The largest absolute Gasteiger partial charge is 0.519 e. The molecule has 0 fully saturated rings. The van der Waals surface area contributed by atoms with Gasteiger partial charge in [-0.25, -0.2) is 9.79 Å². The molecular formula is C22H18N4O5+2. The van der Waals surface area contributed by atoms with Crippen molar-refractivity contribution in [1.82, 2.24) is 4.57 Å². The van der Waals surface area contributed by atoms with Crippen LogP contribution in [0.4, 0.5) is 11.5 Å². The molecule has 154 valence electrons. The van der Waals surface area contributed by atoms with Crippen LogP contribution in [0.3, 0.4) is 0 Å². The Hall–Kier alpha value is -4.14. The van der Waals surface area contributed by atoms with Crippen LogP contribution in [0.15, 0.2) is 53.3 Å². The van der Waals surface area contributed by atoms with Gasteiger partial charge in [-0.1, -0.05) is 36.4 Å². The van der Waals surface area contributed by atoms with Crippen LogP contribution in [-0.2, 0) is 14.1 Å². The molecule has 2 aliphatic rings. The van der Waals surface area contributed by atoms with Crippen LogP contribution in [0.1, 0.15) is 33.0 Å². The fraction of sp³-hybridized carbons (Fsp3) is 0.182.